The molecule has 2 N–H and O–H groups in total. The van der Waals surface area contributed by atoms with Crippen LogP contribution in [0.3, 0.4) is 0 Å². The normalized spacial score (nSPS) is 17.0. The van der Waals surface area contributed by atoms with E-state index in [0.29, 0.717) is 13.2 Å². The van der Waals surface area contributed by atoms with Gasteiger partial charge in [0.25, 0.3) is 5.91 Å². The molecular formula is C18H23ClN4O4S. The van der Waals surface area contributed by atoms with Crippen LogP contribution in [0, 0.1) is 0 Å². The van der Waals surface area contributed by atoms with Gasteiger partial charge in [-0.1, -0.05) is 11.6 Å². The maximum atomic E-state index is 12.6. The third-order valence-electron chi connectivity index (χ3n) is 4.45. The molecule has 2 heterocycles. The highest BCUT2D eigenvalue weighted by Crippen LogP contribution is 2.23. The van der Waals surface area contributed by atoms with Crippen molar-refractivity contribution in [2.75, 3.05) is 19.7 Å². The molecule has 1 aromatic heterocycles. The Hall–Kier alpha value is -1.94. The number of sulfonamides is 1. The van der Waals surface area contributed by atoms with Crippen molar-refractivity contribution in [2.45, 2.75) is 36.8 Å². The highest BCUT2D eigenvalue weighted by Gasteiger charge is 2.23. The molecule has 0 saturated carbocycles. The molecule has 3 rings (SSSR count). The van der Waals surface area contributed by atoms with Crippen molar-refractivity contribution in [3.8, 4) is 0 Å². The summed E-state index contributed by atoms with van der Waals surface area (Å²) in [6.45, 7) is 2.01. The molecule has 0 spiro atoms. The van der Waals surface area contributed by atoms with Crippen LogP contribution < -0.4 is 10.0 Å². The van der Waals surface area contributed by atoms with Crippen LogP contribution in [0.25, 0.3) is 0 Å². The summed E-state index contributed by atoms with van der Waals surface area (Å²) in [7, 11) is -3.84. The zero-order valence-electron chi connectivity index (χ0n) is 15.3. The lowest BCUT2D eigenvalue weighted by atomic mass is 10.2. The minimum atomic E-state index is -3.84. The summed E-state index contributed by atoms with van der Waals surface area (Å²) >= 11 is 6.07. The van der Waals surface area contributed by atoms with Gasteiger partial charge in [-0.3, -0.25) is 4.79 Å². The predicted molar refractivity (Wildman–Crippen MR) is 105 cm³/mol. The van der Waals surface area contributed by atoms with E-state index < -0.39 is 10.0 Å². The van der Waals surface area contributed by atoms with Gasteiger partial charge in [0.1, 0.15) is 4.90 Å². The van der Waals surface area contributed by atoms with Crippen LogP contribution >= 0.6 is 11.6 Å². The summed E-state index contributed by atoms with van der Waals surface area (Å²) in [5.41, 5.74) is 0.240. The van der Waals surface area contributed by atoms with E-state index in [9.17, 15) is 13.2 Å². The number of aromatic nitrogens is 2. The Kier molecular flexibility index (Phi) is 7.06. The molecule has 1 fully saturated rings. The van der Waals surface area contributed by atoms with Crippen molar-refractivity contribution < 1.29 is 17.9 Å². The highest BCUT2D eigenvalue weighted by atomic mass is 35.5. The third kappa shape index (κ3) is 5.54. The molecule has 1 aliphatic rings. The summed E-state index contributed by atoms with van der Waals surface area (Å²) in [6.07, 6.45) is 7.59. The van der Waals surface area contributed by atoms with E-state index in [0.717, 1.165) is 25.8 Å². The van der Waals surface area contributed by atoms with E-state index in [4.69, 9.17) is 16.3 Å². The van der Waals surface area contributed by atoms with Crippen LogP contribution in [0.2, 0.25) is 5.02 Å². The maximum absolute atomic E-state index is 12.6. The number of hydrogen-bond acceptors (Lipinski definition) is 5. The Balaban J connectivity index is 1.58. The molecule has 1 aromatic carbocycles. The Morgan fingerprint density at radius 2 is 2.25 bits per heavy atom. The van der Waals surface area contributed by atoms with Crippen molar-refractivity contribution in [3.63, 3.8) is 0 Å². The molecule has 1 atom stereocenters. The second-order valence-corrected chi connectivity index (χ2v) is 8.68. The Morgan fingerprint density at radius 3 is 2.96 bits per heavy atom. The van der Waals surface area contributed by atoms with Crippen LogP contribution in [0.1, 0.15) is 29.6 Å². The lowest BCUT2D eigenvalue weighted by molar-refractivity contribution is 0.0952. The largest absolute Gasteiger partial charge is 0.377 e. The minimum Gasteiger partial charge on any atom is -0.377 e. The lowest BCUT2D eigenvalue weighted by Gasteiger charge is -2.13. The fourth-order valence-corrected chi connectivity index (χ4v) is 4.51. The van der Waals surface area contributed by atoms with Gasteiger partial charge >= 0.3 is 0 Å². The Labute approximate surface area is 169 Å². The van der Waals surface area contributed by atoms with Crippen molar-refractivity contribution >= 4 is 27.5 Å². The first kappa shape index (κ1) is 20.8. The van der Waals surface area contributed by atoms with E-state index >= 15 is 0 Å². The molecule has 1 saturated heterocycles. The summed E-state index contributed by atoms with van der Waals surface area (Å²) in [5.74, 6) is -0.349. The fourth-order valence-electron chi connectivity index (χ4n) is 2.92. The van der Waals surface area contributed by atoms with Crippen molar-refractivity contribution in [1.82, 2.24) is 19.6 Å². The molecular weight excluding hydrogens is 404 g/mol. The summed E-state index contributed by atoms with van der Waals surface area (Å²) in [4.78, 5) is 16.2. The summed E-state index contributed by atoms with van der Waals surface area (Å²) in [6, 6.07) is 4.22. The Morgan fingerprint density at radius 1 is 1.39 bits per heavy atom. The third-order valence-corrected chi connectivity index (χ3v) is 6.35. The number of imidazole rings is 1. The number of halogens is 1. The average Bonchev–Trinajstić information content (AvgIpc) is 3.37. The number of hydrogen-bond donors (Lipinski definition) is 2. The van der Waals surface area contributed by atoms with Gasteiger partial charge in [0, 0.05) is 44.2 Å². The lowest BCUT2D eigenvalue weighted by Crippen LogP contribution is -2.32. The van der Waals surface area contributed by atoms with Gasteiger partial charge in [-0.15, -0.1) is 0 Å². The van der Waals surface area contributed by atoms with E-state index in [1.807, 2.05) is 10.8 Å². The number of nitrogens with one attached hydrogen (secondary N) is 2. The molecule has 1 amide bonds. The van der Waals surface area contributed by atoms with Crippen molar-refractivity contribution in [2.24, 2.45) is 0 Å². The number of rotatable bonds is 9. The fraction of sp³-hybridized carbons (Fsp3) is 0.444. The van der Waals surface area contributed by atoms with Gasteiger partial charge in [-0.25, -0.2) is 18.1 Å². The van der Waals surface area contributed by atoms with E-state index in [2.05, 4.69) is 15.0 Å². The molecule has 0 aliphatic carbocycles. The van der Waals surface area contributed by atoms with Crippen LogP contribution in [0.15, 0.2) is 41.8 Å². The SMILES string of the molecule is O=C(NCCCn1ccnc1)c1ccc(Cl)c(S(=O)(=O)NCC2CCCO2)c1. The predicted octanol–water partition coefficient (Wildman–Crippen LogP) is 1.81. The average molecular weight is 427 g/mol. The number of carbonyl (C=O) groups is 1. The smallest absolute Gasteiger partial charge is 0.251 e. The first-order chi connectivity index (χ1) is 13.5. The number of benzene rings is 1. The molecule has 0 bridgehead atoms. The Bertz CT molecular complexity index is 896. The monoisotopic (exact) mass is 426 g/mol. The van der Waals surface area contributed by atoms with Crippen molar-refractivity contribution in [1.29, 1.82) is 0 Å². The standard InChI is InChI=1S/C18H23ClN4O4S/c19-16-5-4-14(18(24)21-6-2-8-23-9-7-20-13-23)11-17(16)28(25,26)22-12-15-3-1-10-27-15/h4-5,7,9,11,13,15,22H,1-3,6,8,10,12H2,(H,21,24). The second kappa shape index (κ2) is 9.51. The molecule has 0 radical (unpaired) electrons. The van der Waals surface area contributed by atoms with E-state index in [1.54, 1.807) is 12.5 Å². The number of ether oxygens (including phenoxy) is 1. The van der Waals surface area contributed by atoms with Gasteiger partial charge in [-0.05, 0) is 37.5 Å². The van der Waals surface area contributed by atoms with Crippen LogP contribution in [-0.4, -0.2) is 49.7 Å². The minimum absolute atomic E-state index is 0.0662. The molecule has 28 heavy (non-hydrogen) atoms. The van der Waals surface area contributed by atoms with E-state index in [-0.39, 0.29) is 34.0 Å². The summed E-state index contributed by atoms with van der Waals surface area (Å²) in [5, 5.41) is 2.85. The molecule has 152 valence electrons. The maximum Gasteiger partial charge on any atom is 0.251 e. The molecule has 1 unspecified atom stereocenters. The highest BCUT2D eigenvalue weighted by molar-refractivity contribution is 7.89. The van der Waals surface area contributed by atoms with Crippen molar-refractivity contribution in [3.05, 3.63) is 47.5 Å². The number of aryl methyl sites for hydroxylation is 1. The van der Waals surface area contributed by atoms with E-state index in [1.165, 1.54) is 18.2 Å². The zero-order valence-corrected chi connectivity index (χ0v) is 16.9. The first-order valence-corrected chi connectivity index (χ1v) is 11.0. The summed E-state index contributed by atoms with van der Waals surface area (Å²) < 4.78 is 35.0. The van der Waals surface area contributed by atoms with Crippen LogP contribution in [0.4, 0.5) is 0 Å². The number of nitrogens with zero attached hydrogens (tertiary/aromatic N) is 2. The van der Waals surface area contributed by atoms with Crippen LogP contribution in [0.5, 0.6) is 0 Å². The molecule has 1 aliphatic heterocycles. The van der Waals surface area contributed by atoms with Crippen LogP contribution in [-0.2, 0) is 21.3 Å². The topological polar surface area (TPSA) is 102 Å². The van der Waals surface area contributed by atoms with Gasteiger partial charge in [0.2, 0.25) is 10.0 Å². The molecule has 2 aromatic rings. The van der Waals surface area contributed by atoms with Gasteiger partial charge in [-0.2, -0.15) is 0 Å². The first-order valence-electron chi connectivity index (χ1n) is 9.10. The van der Waals surface area contributed by atoms with Gasteiger partial charge in [0.15, 0.2) is 0 Å². The van der Waals surface area contributed by atoms with Gasteiger partial charge in [0.05, 0.1) is 17.5 Å². The molecule has 8 nitrogen and oxygen atoms in total. The molecule has 10 heteroatoms. The number of carbonyl (C=O) groups excluding carboxylic acids is 1. The number of amides is 1. The second-order valence-electron chi connectivity index (χ2n) is 6.54. The van der Waals surface area contributed by atoms with Gasteiger partial charge < -0.3 is 14.6 Å². The zero-order chi connectivity index (χ0) is 20.0. The quantitative estimate of drug-likeness (QED) is 0.595.